The van der Waals surface area contributed by atoms with E-state index >= 15 is 0 Å². The first-order valence-corrected chi connectivity index (χ1v) is 4.86. The average Bonchev–Trinajstić information content (AvgIpc) is 2.11. The van der Waals surface area contributed by atoms with Gasteiger partial charge in [0.1, 0.15) is 0 Å². The third kappa shape index (κ3) is 6.24. The molecule has 3 heteroatoms. The second kappa shape index (κ2) is 7.14. The molecule has 0 saturated heterocycles. The maximum Gasteiger partial charge on any atom is 0.308 e. The normalized spacial score (nSPS) is 11.2. The van der Waals surface area contributed by atoms with Crippen molar-refractivity contribution >= 4 is 5.97 Å². The Kier molecular flexibility index (Phi) is 6.47. The highest BCUT2D eigenvalue weighted by molar-refractivity contribution is 5.71. The molecule has 0 fully saturated rings. The first kappa shape index (κ1) is 12.7. The molecule has 0 aliphatic rings. The molecule has 0 aromatic rings. The van der Waals surface area contributed by atoms with Crippen LogP contribution < -0.4 is 0 Å². The summed E-state index contributed by atoms with van der Waals surface area (Å²) in [5.74, 6) is -0.266. The standard InChI is InChI=1S/C11H17NO2/c1-5-6-10(12-4)7-8-11(13)14-9(2)3/h7,9H,5-6,8H2,1-3H3/b10-7-. The van der Waals surface area contributed by atoms with E-state index < -0.39 is 0 Å². The molecule has 0 bridgehead atoms. The molecule has 3 nitrogen and oxygen atoms in total. The number of nitrogens with zero attached hydrogens (tertiary/aromatic N) is 1. The molecule has 0 amide bonds. The van der Waals surface area contributed by atoms with Crippen LogP contribution in [0.1, 0.15) is 40.0 Å². The molecule has 0 radical (unpaired) electrons. The Hall–Kier alpha value is -1.30. The van der Waals surface area contributed by atoms with Gasteiger partial charge in [-0.2, -0.15) is 0 Å². The van der Waals surface area contributed by atoms with E-state index in [4.69, 9.17) is 11.3 Å². The zero-order chi connectivity index (χ0) is 11.0. The topological polar surface area (TPSA) is 30.7 Å². The summed E-state index contributed by atoms with van der Waals surface area (Å²) < 4.78 is 4.94. The van der Waals surface area contributed by atoms with Gasteiger partial charge in [0.2, 0.25) is 0 Å². The molecular formula is C11H17NO2. The van der Waals surface area contributed by atoms with Crippen molar-refractivity contribution in [2.24, 2.45) is 0 Å². The predicted octanol–water partition coefficient (Wildman–Crippen LogP) is 2.93. The van der Waals surface area contributed by atoms with Crippen LogP contribution >= 0.6 is 0 Å². The summed E-state index contributed by atoms with van der Waals surface area (Å²) in [6.45, 7) is 12.5. The van der Waals surface area contributed by atoms with Gasteiger partial charge in [0, 0.05) is 0 Å². The van der Waals surface area contributed by atoms with E-state index in [1.165, 1.54) is 0 Å². The van der Waals surface area contributed by atoms with Gasteiger partial charge in [-0.05, 0) is 20.3 Å². The van der Waals surface area contributed by atoms with Crippen LogP contribution in [0.15, 0.2) is 11.8 Å². The smallest absolute Gasteiger partial charge is 0.308 e. The lowest BCUT2D eigenvalue weighted by molar-refractivity contribution is -0.146. The molecule has 0 spiro atoms. The second-order valence-electron chi connectivity index (χ2n) is 3.30. The average molecular weight is 195 g/mol. The monoisotopic (exact) mass is 195 g/mol. The summed E-state index contributed by atoms with van der Waals surface area (Å²) in [6.07, 6.45) is 3.43. The number of hydrogen-bond donors (Lipinski definition) is 0. The molecule has 0 unspecified atom stereocenters. The number of esters is 1. The van der Waals surface area contributed by atoms with Crippen LogP contribution in [0.4, 0.5) is 0 Å². The molecule has 0 atom stereocenters. The van der Waals surface area contributed by atoms with Crippen molar-refractivity contribution in [3.05, 3.63) is 23.2 Å². The van der Waals surface area contributed by atoms with Gasteiger partial charge >= 0.3 is 5.97 Å². The van der Waals surface area contributed by atoms with Gasteiger partial charge in [-0.3, -0.25) is 4.79 Å². The molecule has 0 aromatic carbocycles. The summed E-state index contributed by atoms with van der Waals surface area (Å²) >= 11 is 0. The first-order valence-electron chi connectivity index (χ1n) is 4.86. The summed E-state index contributed by atoms with van der Waals surface area (Å²) in [6, 6.07) is 0. The molecule has 78 valence electrons. The Morgan fingerprint density at radius 2 is 2.21 bits per heavy atom. The maximum atomic E-state index is 11.1. The highest BCUT2D eigenvalue weighted by atomic mass is 16.5. The van der Waals surface area contributed by atoms with Crippen molar-refractivity contribution in [2.45, 2.75) is 46.1 Å². The van der Waals surface area contributed by atoms with Crippen LogP contribution in [0.2, 0.25) is 0 Å². The van der Waals surface area contributed by atoms with E-state index in [1.54, 1.807) is 6.08 Å². The number of rotatable bonds is 5. The van der Waals surface area contributed by atoms with E-state index in [0.717, 1.165) is 12.8 Å². The highest BCUT2D eigenvalue weighted by Gasteiger charge is 2.03. The minimum Gasteiger partial charge on any atom is -0.463 e. The van der Waals surface area contributed by atoms with Crippen molar-refractivity contribution in [1.29, 1.82) is 0 Å². The molecule has 0 aromatic heterocycles. The van der Waals surface area contributed by atoms with Gasteiger partial charge in [-0.15, -0.1) is 0 Å². The summed E-state index contributed by atoms with van der Waals surface area (Å²) in [7, 11) is 0. The predicted molar refractivity (Wildman–Crippen MR) is 55.4 cm³/mol. The Morgan fingerprint density at radius 3 is 2.64 bits per heavy atom. The molecule has 0 saturated carbocycles. The van der Waals surface area contributed by atoms with E-state index in [1.807, 2.05) is 20.8 Å². The zero-order valence-corrected chi connectivity index (χ0v) is 9.04. The van der Waals surface area contributed by atoms with Crippen molar-refractivity contribution < 1.29 is 9.53 Å². The van der Waals surface area contributed by atoms with Crippen LogP contribution in [-0.4, -0.2) is 12.1 Å². The van der Waals surface area contributed by atoms with E-state index in [2.05, 4.69) is 4.85 Å². The van der Waals surface area contributed by atoms with Crippen LogP contribution in [-0.2, 0) is 9.53 Å². The summed E-state index contributed by atoms with van der Waals surface area (Å²) in [4.78, 5) is 14.4. The number of hydrogen-bond acceptors (Lipinski definition) is 2. The quantitative estimate of drug-likeness (QED) is 0.499. The summed E-state index contributed by atoms with van der Waals surface area (Å²) in [5, 5.41) is 0. The highest BCUT2D eigenvalue weighted by Crippen LogP contribution is 2.07. The van der Waals surface area contributed by atoms with Crippen LogP contribution in [0.3, 0.4) is 0 Å². The number of carbonyl (C=O) groups excluding carboxylic acids is 1. The molecule has 0 N–H and O–H groups in total. The van der Waals surface area contributed by atoms with E-state index in [0.29, 0.717) is 5.70 Å². The lowest BCUT2D eigenvalue weighted by atomic mass is 10.2. The zero-order valence-electron chi connectivity index (χ0n) is 9.04. The van der Waals surface area contributed by atoms with Gasteiger partial charge in [0.05, 0.1) is 19.1 Å². The third-order valence-electron chi connectivity index (χ3n) is 1.52. The Morgan fingerprint density at radius 1 is 1.57 bits per heavy atom. The minimum absolute atomic E-state index is 0.0848. The first-order chi connectivity index (χ1) is 6.60. The SMILES string of the molecule is [C-]#[N+]/C(=C\CC(=O)OC(C)C)CCC. The number of allylic oxidation sites excluding steroid dienone is 1. The summed E-state index contributed by atoms with van der Waals surface area (Å²) in [5.41, 5.74) is 0.646. The fraction of sp³-hybridized carbons (Fsp3) is 0.636. The van der Waals surface area contributed by atoms with Gasteiger partial charge < -0.3 is 4.74 Å². The Labute approximate surface area is 85.6 Å². The number of carbonyl (C=O) groups is 1. The van der Waals surface area contributed by atoms with Gasteiger partial charge in [-0.25, -0.2) is 4.85 Å². The lowest BCUT2D eigenvalue weighted by Gasteiger charge is -2.05. The maximum absolute atomic E-state index is 11.1. The fourth-order valence-electron chi connectivity index (χ4n) is 0.972. The molecule has 0 rings (SSSR count). The van der Waals surface area contributed by atoms with E-state index in [-0.39, 0.29) is 18.5 Å². The minimum atomic E-state index is -0.266. The molecule has 0 aliphatic carbocycles. The molecule has 14 heavy (non-hydrogen) atoms. The lowest BCUT2D eigenvalue weighted by Crippen LogP contribution is -2.10. The Bertz CT molecular complexity index is 249. The molecule has 0 heterocycles. The van der Waals surface area contributed by atoms with Crippen molar-refractivity contribution in [1.82, 2.24) is 0 Å². The van der Waals surface area contributed by atoms with Gasteiger partial charge in [0.25, 0.3) is 0 Å². The number of ether oxygens (including phenoxy) is 1. The largest absolute Gasteiger partial charge is 0.463 e. The van der Waals surface area contributed by atoms with E-state index in [9.17, 15) is 4.79 Å². The van der Waals surface area contributed by atoms with Crippen molar-refractivity contribution in [2.75, 3.05) is 0 Å². The molecule has 0 aliphatic heterocycles. The molecular weight excluding hydrogens is 178 g/mol. The second-order valence-corrected chi connectivity index (χ2v) is 3.30. The van der Waals surface area contributed by atoms with Gasteiger partial charge in [0.15, 0.2) is 5.70 Å². The van der Waals surface area contributed by atoms with Gasteiger partial charge in [-0.1, -0.05) is 19.4 Å². The third-order valence-corrected chi connectivity index (χ3v) is 1.52. The van der Waals surface area contributed by atoms with Crippen LogP contribution in [0.5, 0.6) is 0 Å². The van der Waals surface area contributed by atoms with Crippen molar-refractivity contribution in [3.63, 3.8) is 0 Å². The van der Waals surface area contributed by atoms with Crippen LogP contribution in [0, 0.1) is 6.57 Å². The van der Waals surface area contributed by atoms with Crippen molar-refractivity contribution in [3.8, 4) is 0 Å². The Balaban J connectivity index is 4.00. The van der Waals surface area contributed by atoms with Crippen LogP contribution in [0.25, 0.3) is 4.85 Å². The fourth-order valence-corrected chi connectivity index (χ4v) is 0.972.